The van der Waals surface area contributed by atoms with Gasteiger partial charge in [0.15, 0.2) is 6.61 Å². The molecule has 36 heavy (non-hydrogen) atoms. The Bertz CT molecular complexity index is 1160. The van der Waals surface area contributed by atoms with Crippen LogP contribution >= 0.6 is 11.6 Å². The zero-order valence-electron chi connectivity index (χ0n) is 21.2. The first-order chi connectivity index (χ1) is 17.1. The molecule has 0 radical (unpaired) electrons. The molecule has 1 atom stereocenters. The average Bonchev–Trinajstić information content (AvgIpc) is 2.84. The maximum absolute atomic E-state index is 13.6. The van der Waals surface area contributed by atoms with Crippen molar-refractivity contribution >= 4 is 23.4 Å². The number of benzene rings is 3. The topological polar surface area (TPSA) is 67.9 Å². The monoisotopic (exact) mass is 508 g/mol. The largest absolute Gasteiger partial charge is 0.497 e. The molecular formula is C29H33ClN2O4. The Balaban J connectivity index is 1.94. The number of nitrogens with one attached hydrogen (secondary N) is 1. The lowest BCUT2D eigenvalue weighted by Gasteiger charge is -2.33. The molecule has 0 saturated heterocycles. The van der Waals surface area contributed by atoms with Crippen molar-refractivity contribution in [1.82, 2.24) is 10.2 Å². The van der Waals surface area contributed by atoms with Crippen LogP contribution < -0.4 is 14.8 Å². The van der Waals surface area contributed by atoms with Crippen LogP contribution in [-0.2, 0) is 22.6 Å². The minimum atomic E-state index is -0.756. The van der Waals surface area contributed by atoms with Crippen molar-refractivity contribution in [2.75, 3.05) is 13.7 Å². The van der Waals surface area contributed by atoms with Gasteiger partial charge in [0.2, 0.25) is 5.91 Å². The predicted octanol–water partition coefficient (Wildman–Crippen LogP) is 5.28. The molecule has 0 aliphatic heterocycles. The normalized spacial score (nSPS) is 11.9. The van der Waals surface area contributed by atoms with Crippen molar-refractivity contribution in [2.45, 2.75) is 45.3 Å². The number of nitrogens with zero attached hydrogens (tertiary/aromatic N) is 1. The highest BCUT2D eigenvalue weighted by Crippen LogP contribution is 2.21. The Kier molecular flexibility index (Phi) is 9.37. The van der Waals surface area contributed by atoms with Gasteiger partial charge in [0.1, 0.15) is 17.5 Å². The van der Waals surface area contributed by atoms with Gasteiger partial charge in [-0.15, -0.1) is 0 Å². The Morgan fingerprint density at radius 2 is 1.58 bits per heavy atom. The van der Waals surface area contributed by atoms with E-state index in [2.05, 4.69) is 5.32 Å². The number of ether oxygens (including phenoxy) is 2. The van der Waals surface area contributed by atoms with Gasteiger partial charge in [-0.2, -0.15) is 0 Å². The van der Waals surface area contributed by atoms with Gasteiger partial charge in [0.25, 0.3) is 5.91 Å². The number of carbonyl (C=O) groups excluding carboxylic acids is 2. The summed E-state index contributed by atoms with van der Waals surface area (Å²) in [6.45, 7) is 5.73. The third kappa shape index (κ3) is 8.31. The lowest BCUT2D eigenvalue weighted by molar-refractivity contribution is -0.143. The van der Waals surface area contributed by atoms with Gasteiger partial charge in [-0.05, 0) is 62.2 Å². The first-order valence-electron chi connectivity index (χ1n) is 11.8. The number of amides is 2. The summed E-state index contributed by atoms with van der Waals surface area (Å²) in [5, 5.41) is 3.56. The molecule has 2 amide bonds. The highest BCUT2D eigenvalue weighted by molar-refractivity contribution is 6.30. The van der Waals surface area contributed by atoms with Crippen LogP contribution in [0.5, 0.6) is 11.5 Å². The molecule has 3 aromatic rings. The van der Waals surface area contributed by atoms with Crippen molar-refractivity contribution in [3.05, 3.63) is 95.0 Å². The van der Waals surface area contributed by atoms with E-state index in [4.69, 9.17) is 21.1 Å². The van der Waals surface area contributed by atoms with E-state index in [0.717, 1.165) is 11.1 Å². The maximum atomic E-state index is 13.6. The van der Waals surface area contributed by atoms with Gasteiger partial charge in [0.05, 0.1) is 7.11 Å². The molecule has 0 heterocycles. The fourth-order valence-electron chi connectivity index (χ4n) is 3.76. The minimum absolute atomic E-state index is 0.212. The molecule has 7 heteroatoms. The SMILES string of the molecule is COc1cccc(CN(C(=O)COc2cccc(Cl)c2)[C@H](Cc2ccccc2)C(=O)NC(C)(C)C)c1. The van der Waals surface area contributed by atoms with Gasteiger partial charge in [-0.3, -0.25) is 9.59 Å². The number of hydrogen-bond donors (Lipinski definition) is 1. The van der Waals surface area contributed by atoms with E-state index in [1.165, 1.54) is 0 Å². The Labute approximate surface area is 218 Å². The van der Waals surface area contributed by atoms with E-state index in [1.807, 2.05) is 75.4 Å². The fraction of sp³-hybridized carbons (Fsp3) is 0.310. The van der Waals surface area contributed by atoms with Crippen LogP contribution in [0.15, 0.2) is 78.9 Å². The summed E-state index contributed by atoms with van der Waals surface area (Å²) < 4.78 is 11.1. The van der Waals surface area contributed by atoms with Crippen LogP contribution in [0.1, 0.15) is 31.9 Å². The van der Waals surface area contributed by atoms with E-state index in [-0.39, 0.29) is 25.0 Å². The zero-order valence-corrected chi connectivity index (χ0v) is 21.9. The number of hydrogen-bond acceptors (Lipinski definition) is 4. The zero-order chi connectivity index (χ0) is 26.1. The summed E-state index contributed by atoms with van der Waals surface area (Å²) in [5.74, 6) is 0.609. The molecule has 6 nitrogen and oxygen atoms in total. The van der Waals surface area contributed by atoms with Crippen LogP contribution in [0.3, 0.4) is 0 Å². The van der Waals surface area contributed by atoms with Crippen LogP contribution in [-0.4, -0.2) is 42.0 Å². The third-order valence-electron chi connectivity index (χ3n) is 5.41. The van der Waals surface area contributed by atoms with Crippen LogP contribution in [0.25, 0.3) is 0 Å². The lowest BCUT2D eigenvalue weighted by atomic mass is 10.0. The van der Waals surface area contributed by atoms with Gasteiger partial charge < -0.3 is 19.7 Å². The van der Waals surface area contributed by atoms with Crippen molar-refractivity contribution < 1.29 is 19.1 Å². The second-order valence-corrected chi connectivity index (χ2v) is 10.0. The Morgan fingerprint density at radius 3 is 2.25 bits per heavy atom. The Hall–Kier alpha value is -3.51. The minimum Gasteiger partial charge on any atom is -0.497 e. The average molecular weight is 509 g/mol. The van der Waals surface area contributed by atoms with Gasteiger partial charge >= 0.3 is 0 Å². The molecule has 3 aromatic carbocycles. The third-order valence-corrected chi connectivity index (χ3v) is 5.65. The molecule has 0 aliphatic carbocycles. The number of carbonyl (C=O) groups is 2. The van der Waals surface area contributed by atoms with Crippen LogP contribution in [0.4, 0.5) is 0 Å². The molecule has 3 rings (SSSR count). The van der Waals surface area contributed by atoms with Crippen LogP contribution in [0.2, 0.25) is 5.02 Å². The first kappa shape index (κ1) is 27.1. The van der Waals surface area contributed by atoms with E-state index in [9.17, 15) is 9.59 Å². The van der Waals surface area contributed by atoms with Crippen molar-refractivity contribution in [1.29, 1.82) is 0 Å². The smallest absolute Gasteiger partial charge is 0.261 e. The number of methoxy groups -OCH3 is 1. The predicted molar refractivity (Wildman–Crippen MR) is 142 cm³/mol. The van der Waals surface area contributed by atoms with Crippen molar-refractivity contribution in [3.63, 3.8) is 0 Å². The maximum Gasteiger partial charge on any atom is 0.261 e. The van der Waals surface area contributed by atoms with Gasteiger partial charge in [0, 0.05) is 23.5 Å². The molecular weight excluding hydrogens is 476 g/mol. The van der Waals surface area contributed by atoms with E-state index >= 15 is 0 Å². The molecule has 1 N–H and O–H groups in total. The van der Waals surface area contributed by atoms with Crippen molar-refractivity contribution in [2.24, 2.45) is 0 Å². The quantitative estimate of drug-likeness (QED) is 0.404. The first-order valence-corrected chi connectivity index (χ1v) is 12.2. The lowest BCUT2D eigenvalue weighted by Crippen LogP contribution is -2.55. The summed E-state index contributed by atoms with van der Waals surface area (Å²) in [6, 6.07) is 23.3. The highest BCUT2D eigenvalue weighted by atomic mass is 35.5. The second-order valence-electron chi connectivity index (χ2n) is 9.56. The second kappa shape index (κ2) is 12.5. The molecule has 0 saturated carbocycles. The molecule has 190 valence electrons. The Morgan fingerprint density at radius 1 is 0.917 bits per heavy atom. The van der Waals surface area contributed by atoms with Crippen LogP contribution in [0, 0.1) is 0 Å². The molecule has 0 fully saturated rings. The number of halogens is 1. The van der Waals surface area contributed by atoms with E-state index in [0.29, 0.717) is 22.9 Å². The molecule has 0 unspecified atom stereocenters. The molecule has 0 aliphatic rings. The van der Waals surface area contributed by atoms with Gasteiger partial charge in [-0.25, -0.2) is 0 Å². The summed E-state index contributed by atoms with van der Waals surface area (Å²) in [5.41, 5.74) is 1.33. The number of rotatable bonds is 10. The molecule has 0 spiro atoms. The summed E-state index contributed by atoms with van der Waals surface area (Å²) in [4.78, 5) is 28.7. The fourth-order valence-corrected chi connectivity index (χ4v) is 3.94. The molecule has 0 bridgehead atoms. The molecule has 0 aromatic heterocycles. The summed E-state index contributed by atoms with van der Waals surface area (Å²) in [6.07, 6.45) is 0.357. The van der Waals surface area contributed by atoms with Gasteiger partial charge in [-0.1, -0.05) is 60.1 Å². The van der Waals surface area contributed by atoms with E-state index < -0.39 is 11.6 Å². The van der Waals surface area contributed by atoms with E-state index in [1.54, 1.807) is 36.3 Å². The highest BCUT2D eigenvalue weighted by Gasteiger charge is 2.32. The standard InChI is InChI=1S/C29H33ClN2O4/c1-29(2,3)31-28(34)26(17-21-10-6-5-7-11-21)32(19-22-12-8-14-24(16-22)35-4)27(33)20-36-25-15-9-13-23(30)18-25/h5-16,18,26H,17,19-20H2,1-4H3,(H,31,34)/t26-/m1/s1. The summed E-state index contributed by atoms with van der Waals surface area (Å²) >= 11 is 6.06. The van der Waals surface area contributed by atoms with Crippen molar-refractivity contribution in [3.8, 4) is 11.5 Å². The summed E-state index contributed by atoms with van der Waals surface area (Å²) in [7, 11) is 1.59.